The second kappa shape index (κ2) is 74.2. The van der Waals surface area contributed by atoms with Crippen molar-refractivity contribution in [3.05, 3.63) is 146 Å². The standard InChI is InChI=1S/C83H138O17P2/c1-5-9-13-17-21-25-29-32-35-37-38-40-43-45-49-52-56-60-64-68-80(85)93-73-78(99-82(87)69-65-61-57-53-47-28-24-20-16-12-8-4)75-97-101(89,90)95-71-77(84)72-96-102(91,92)98-76-79(100-83(88)70-66-62-58-54-50-46-41-34-31-27-23-19-15-11-7-3)74-94-81(86)67-63-59-55-51-48-44-42-39-36-33-30-26-22-18-14-10-6-2/h10-11,14-15,20-27,32-36,38,40-42,44,50,54,77-79,84H,5-9,12-13,16-19,28-31,37,39,43,45-49,51-53,55-76H2,1-4H3,(H,89,90)(H,91,92)/b14-10-,15-11-,24-20-,25-21-,26-22-,27-23-,35-32-,36-33-,40-38-,41-34-,44-42-,54-50-. The molecule has 19 heteroatoms. The molecule has 0 aliphatic carbocycles. The molecule has 102 heavy (non-hydrogen) atoms. The lowest BCUT2D eigenvalue weighted by Crippen LogP contribution is -2.30. The van der Waals surface area contributed by atoms with Crippen LogP contribution in [0.2, 0.25) is 0 Å². The van der Waals surface area contributed by atoms with Gasteiger partial charge in [0, 0.05) is 25.7 Å². The number of hydrogen-bond donors (Lipinski definition) is 3. The Morgan fingerprint density at radius 2 is 0.520 bits per heavy atom. The summed E-state index contributed by atoms with van der Waals surface area (Å²) in [7, 11) is -9.99. The van der Waals surface area contributed by atoms with Crippen molar-refractivity contribution in [2.45, 2.75) is 316 Å². The minimum Gasteiger partial charge on any atom is -0.462 e. The third kappa shape index (κ3) is 73.3. The molecule has 0 aromatic heterocycles. The van der Waals surface area contributed by atoms with E-state index < -0.39 is 97.5 Å². The molecule has 0 aromatic carbocycles. The summed E-state index contributed by atoms with van der Waals surface area (Å²) in [5, 5.41) is 10.6. The molecule has 0 heterocycles. The fourth-order valence-corrected chi connectivity index (χ4v) is 11.4. The van der Waals surface area contributed by atoms with E-state index in [-0.39, 0.29) is 25.7 Å². The molecule has 0 aromatic rings. The lowest BCUT2D eigenvalue weighted by molar-refractivity contribution is -0.161. The van der Waals surface area contributed by atoms with Crippen LogP contribution in [0.15, 0.2) is 146 Å². The summed E-state index contributed by atoms with van der Waals surface area (Å²) in [4.78, 5) is 72.9. The maximum absolute atomic E-state index is 13.1. The molecule has 0 bridgehead atoms. The Kier molecular flexibility index (Phi) is 70.5. The van der Waals surface area contributed by atoms with Gasteiger partial charge in [0.2, 0.25) is 0 Å². The molecule has 0 amide bonds. The number of aliphatic hydroxyl groups is 1. The largest absolute Gasteiger partial charge is 0.472 e. The van der Waals surface area contributed by atoms with Crippen LogP contribution in [0.4, 0.5) is 0 Å². The second-order valence-electron chi connectivity index (χ2n) is 25.5. The van der Waals surface area contributed by atoms with Crippen molar-refractivity contribution < 1.29 is 80.2 Å². The number of unbranched alkanes of at least 4 members (excludes halogenated alkanes) is 22. The van der Waals surface area contributed by atoms with Crippen molar-refractivity contribution >= 4 is 39.5 Å². The molecule has 5 unspecified atom stereocenters. The molecule has 0 fully saturated rings. The molecule has 0 saturated heterocycles. The number of esters is 4. The zero-order chi connectivity index (χ0) is 74.6. The molecule has 3 N–H and O–H groups in total. The van der Waals surface area contributed by atoms with E-state index in [1.165, 1.54) is 32.1 Å². The Morgan fingerprint density at radius 3 is 0.843 bits per heavy atom. The molecule has 0 rings (SSSR count). The lowest BCUT2D eigenvalue weighted by atomic mass is 10.1. The van der Waals surface area contributed by atoms with Gasteiger partial charge in [-0.05, 0) is 161 Å². The summed E-state index contributed by atoms with van der Waals surface area (Å²) in [6.45, 7) is 4.47. The number of ether oxygens (including phenoxy) is 4. The SMILES string of the molecule is CC/C=C\C/C=C\C/C=C\C/C=C\CCCCCCC(=O)OCC(COP(=O)(O)OCC(O)COP(=O)(O)OCC(COC(=O)CCCCCCCC/C=C\C/C=C\C/C=C\CCCCC)OC(=O)CCCCCCC/C=C\CCCC)OC(=O)CCCC/C=C\C/C=C\C/C=C\C/C=C\CC. The third-order valence-electron chi connectivity index (χ3n) is 15.8. The zero-order valence-electron chi connectivity index (χ0n) is 63.5. The Balaban J connectivity index is 5.39. The number of carbonyl (C=O) groups is 4. The lowest BCUT2D eigenvalue weighted by Gasteiger charge is -2.21. The maximum atomic E-state index is 13.1. The summed E-state index contributed by atoms with van der Waals surface area (Å²) in [6, 6.07) is 0. The zero-order valence-corrected chi connectivity index (χ0v) is 65.3. The van der Waals surface area contributed by atoms with Crippen LogP contribution in [0.5, 0.6) is 0 Å². The van der Waals surface area contributed by atoms with Crippen molar-refractivity contribution in [2.24, 2.45) is 0 Å². The molecule has 0 aliphatic rings. The van der Waals surface area contributed by atoms with Gasteiger partial charge in [0.1, 0.15) is 19.3 Å². The Labute approximate surface area is 617 Å². The van der Waals surface area contributed by atoms with E-state index in [2.05, 4.69) is 174 Å². The van der Waals surface area contributed by atoms with Crippen LogP contribution >= 0.6 is 15.6 Å². The summed E-state index contributed by atoms with van der Waals surface area (Å²) in [6.07, 6.45) is 84.1. The maximum Gasteiger partial charge on any atom is 0.472 e. The normalized spacial score (nSPS) is 14.7. The first-order valence-corrected chi connectivity index (χ1v) is 42.1. The summed E-state index contributed by atoms with van der Waals surface area (Å²) in [5.74, 6) is -2.28. The van der Waals surface area contributed by atoms with Crippen LogP contribution in [0, 0.1) is 0 Å². The van der Waals surface area contributed by atoms with Gasteiger partial charge < -0.3 is 33.8 Å². The monoisotopic (exact) mass is 1470 g/mol. The minimum absolute atomic E-state index is 0.0324. The Morgan fingerprint density at radius 1 is 0.284 bits per heavy atom. The summed E-state index contributed by atoms with van der Waals surface area (Å²) in [5.41, 5.74) is 0. The van der Waals surface area contributed by atoms with Gasteiger partial charge in [-0.1, -0.05) is 257 Å². The summed E-state index contributed by atoms with van der Waals surface area (Å²) < 4.78 is 68.4. The Bertz CT molecular complexity index is 2510. The van der Waals surface area contributed by atoms with Crippen LogP contribution in [0.25, 0.3) is 0 Å². The van der Waals surface area contributed by atoms with Crippen molar-refractivity contribution in [1.29, 1.82) is 0 Å². The molecule has 17 nitrogen and oxygen atoms in total. The highest BCUT2D eigenvalue weighted by Gasteiger charge is 2.30. The first-order chi connectivity index (χ1) is 49.7. The van der Waals surface area contributed by atoms with Gasteiger partial charge in [-0.2, -0.15) is 0 Å². The van der Waals surface area contributed by atoms with Gasteiger partial charge in [0.15, 0.2) is 12.2 Å². The van der Waals surface area contributed by atoms with Crippen LogP contribution in [0.1, 0.15) is 297 Å². The minimum atomic E-state index is -5.00. The number of carbonyl (C=O) groups excluding carboxylic acids is 4. The predicted octanol–water partition coefficient (Wildman–Crippen LogP) is 22.7. The number of phosphoric acid groups is 2. The number of rotatable bonds is 72. The van der Waals surface area contributed by atoms with E-state index in [4.69, 9.17) is 37.0 Å². The van der Waals surface area contributed by atoms with E-state index in [9.17, 15) is 43.2 Å². The second-order valence-corrected chi connectivity index (χ2v) is 28.4. The fourth-order valence-electron chi connectivity index (χ4n) is 9.84. The topological polar surface area (TPSA) is 237 Å². The van der Waals surface area contributed by atoms with Crippen molar-refractivity contribution in [2.75, 3.05) is 39.6 Å². The molecule has 582 valence electrons. The van der Waals surface area contributed by atoms with Crippen LogP contribution in [-0.2, 0) is 65.4 Å². The Hall–Kier alpha value is -5.06. The predicted molar refractivity (Wildman–Crippen MR) is 417 cm³/mol. The van der Waals surface area contributed by atoms with E-state index in [1.807, 2.05) is 0 Å². The molecule has 0 radical (unpaired) electrons. The third-order valence-corrected chi connectivity index (χ3v) is 17.7. The molecular weight excluding hydrogens is 1330 g/mol. The molecule has 0 saturated carbocycles. The number of hydrogen-bond acceptors (Lipinski definition) is 15. The average molecular weight is 1470 g/mol. The summed E-state index contributed by atoms with van der Waals surface area (Å²) >= 11 is 0. The van der Waals surface area contributed by atoms with Gasteiger partial charge in [-0.3, -0.25) is 37.3 Å². The van der Waals surface area contributed by atoms with Crippen molar-refractivity contribution in [3.63, 3.8) is 0 Å². The number of phosphoric ester groups is 2. The highest BCUT2D eigenvalue weighted by atomic mass is 31.2. The molecule has 0 spiro atoms. The van der Waals surface area contributed by atoms with Crippen LogP contribution in [-0.4, -0.2) is 96.7 Å². The van der Waals surface area contributed by atoms with Crippen LogP contribution < -0.4 is 0 Å². The van der Waals surface area contributed by atoms with Gasteiger partial charge in [0.25, 0.3) is 0 Å². The first-order valence-electron chi connectivity index (χ1n) is 39.1. The van der Waals surface area contributed by atoms with Gasteiger partial charge in [0.05, 0.1) is 26.4 Å². The average Bonchev–Trinajstić information content (AvgIpc) is 0.944. The smallest absolute Gasteiger partial charge is 0.462 e. The van der Waals surface area contributed by atoms with Crippen molar-refractivity contribution in [3.8, 4) is 0 Å². The highest BCUT2D eigenvalue weighted by Crippen LogP contribution is 2.45. The molecular formula is C83H138O17P2. The van der Waals surface area contributed by atoms with Crippen molar-refractivity contribution in [1.82, 2.24) is 0 Å². The quantitative estimate of drug-likeness (QED) is 0.0169. The fraction of sp³-hybridized carbons (Fsp3) is 0.663. The van der Waals surface area contributed by atoms with Gasteiger partial charge >= 0.3 is 39.5 Å². The number of aliphatic hydroxyl groups excluding tert-OH is 1. The van der Waals surface area contributed by atoms with Crippen LogP contribution in [0.3, 0.4) is 0 Å². The van der Waals surface area contributed by atoms with Gasteiger partial charge in [-0.25, -0.2) is 9.13 Å². The number of allylic oxidation sites excluding steroid dienone is 24. The molecule has 5 atom stereocenters. The van der Waals surface area contributed by atoms with Gasteiger partial charge in [-0.15, -0.1) is 0 Å². The molecule has 0 aliphatic heterocycles. The van der Waals surface area contributed by atoms with E-state index in [0.717, 1.165) is 180 Å². The highest BCUT2D eigenvalue weighted by molar-refractivity contribution is 7.47. The van der Waals surface area contributed by atoms with E-state index in [1.54, 1.807) is 0 Å². The van der Waals surface area contributed by atoms with E-state index in [0.29, 0.717) is 32.1 Å². The van der Waals surface area contributed by atoms with E-state index >= 15 is 0 Å². The first kappa shape index (κ1) is 96.9.